The van der Waals surface area contributed by atoms with Gasteiger partial charge in [0.25, 0.3) is 0 Å². The maximum Gasteiger partial charge on any atom is 0.231 e. The molecule has 152 valence electrons. The number of nitrogens with zero attached hydrogens (tertiary/aromatic N) is 3. The molecule has 0 spiro atoms. The van der Waals surface area contributed by atoms with Crippen molar-refractivity contribution in [2.24, 2.45) is 5.41 Å². The maximum atomic E-state index is 12.1. The number of amides is 1. The Hall–Kier alpha value is -2.80. The first-order chi connectivity index (χ1) is 13.5. The van der Waals surface area contributed by atoms with Gasteiger partial charge in [-0.1, -0.05) is 46.8 Å². The highest BCUT2D eigenvalue weighted by Gasteiger charge is 2.22. The maximum absolute atomic E-state index is 12.1. The van der Waals surface area contributed by atoms with Gasteiger partial charge in [-0.2, -0.15) is 4.80 Å². The van der Waals surface area contributed by atoms with E-state index in [1.165, 1.54) is 5.56 Å². The number of hydrogen-bond donors (Lipinski definition) is 2. The van der Waals surface area contributed by atoms with Crippen molar-refractivity contribution in [2.45, 2.75) is 47.5 Å². The first-order valence-electron chi connectivity index (χ1n) is 9.65. The lowest BCUT2D eigenvalue weighted by Gasteiger charge is -2.19. The predicted octanol–water partition coefficient (Wildman–Crippen LogP) is 4.71. The minimum absolute atomic E-state index is 0.135. The molecule has 1 aromatic heterocycles. The Morgan fingerprint density at radius 2 is 1.66 bits per heavy atom. The summed E-state index contributed by atoms with van der Waals surface area (Å²) in [4.78, 5) is 13.8. The molecule has 2 N–H and O–H groups in total. The van der Waals surface area contributed by atoms with E-state index in [4.69, 9.17) is 12.2 Å². The van der Waals surface area contributed by atoms with E-state index in [9.17, 15) is 4.79 Å². The Morgan fingerprint density at radius 1 is 1.07 bits per heavy atom. The molecule has 0 aliphatic carbocycles. The van der Waals surface area contributed by atoms with Crippen LogP contribution in [0.15, 0.2) is 36.4 Å². The molecule has 3 rings (SSSR count). The van der Waals surface area contributed by atoms with Crippen LogP contribution in [0.3, 0.4) is 0 Å². The van der Waals surface area contributed by atoms with E-state index < -0.39 is 5.41 Å². The third-order valence-electron chi connectivity index (χ3n) is 4.67. The molecule has 0 fully saturated rings. The van der Waals surface area contributed by atoms with Gasteiger partial charge in [-0.25, -0.2) is 0 Å². The van der Waals surface area contributed by atoms with E-state index >= 15 is 0 Å². The molecular formula is C22H27N5OS. The summed E-state index contributed by atoms with van der Waals surface area (Å²) in [7, 11) is 0. The summed E-state index contributed by atoms with van der Waals surface area (Å²) in [5.41, 5.74) is 4.97. The summed E-state index contributed by atoms with van der Waals surface area (Å²) in [6, 6.07) is 12.1. The molecule has 0 aliphatic rings. The number of carbonyl (C=O) groups excluding carboxylic acids is 1. The lowest BCUT2D eigenvalue weighted by Crippen LogP contribution is -2.41. The molecule has 0 saturated heterocycles. The van der Waals surface area contributed by atoms with Crippen molar-refractivity contribution in [3.8, 4) is 5.69 Å². The zero-order valence-corrected chi connectivity index (χ0v) is 18.5. The average Bonchev–Trinajstić information content (AvgIpc) is 3.03. The lowest BCUT2D eigenvalue weighted by molar-refractivity contribution is -0.126. The second kappa shape index (κ2) is 7.91. The Labute approximate surface area is 176 Å². The van der Waals surface area contributed by atoms with Crippen LogP contribution in [0.2, 0.25) is 0 Å². The topological polar surface area (TPSA) is 71.8 Å². The standard InChI is InChI=1S/C22H27N5OS/c1-13(2)15-7-9-16(10-8-15)27-25-18-11-14(3)17(12-19(18)26-27)23-21(29)24-20(28)22(4,5)6/h7-13H,1-6H3,(H2,23,24,28,29). The molecule has 0 bridgehead atoms. The summed E-state index contributed by atoms with van der Waals surface area (Å²) in [5, 5.41) is 15.3. The van der Waals surface area contributed by atoms with Crippen LogP contribution < -0.4 is 10.6 Å². The molecular weight excluding hydrogens is 382 g/mol. The SMILES string of the molecule is Cc1cc2nn(-c3ccc(C(C)C)cc3)nc2cc1NC(=S)NC(=O)C(C)(C)C. The number of aromatic nitrogens is 3. The first kappa shape index (κ1) is 20.9. The summed E-state index contributed by atoms with van der Waals surface area (Å²) < 4.78 is 0. The summed E-state index contributed by atoms with van der Waals surface area (Å²) in [6.45, 7) is 11.8. The van der Waals surface area contributed by atoms with Gasteiger partial charge in [-0.3, -0.25) is 4.79 Å². The van der Waals surface area contributed by atoms with Gasteiger partial charge in [0, 0.05) is 11.1 Å². The number of hydrogen-bond acceptors (Lipinski definition) is 4. The number of fused-ring (bicyclic) bond motifs is 1. The largest absolute Gasteiger partial charge is 0.332 e. The number of carbonyl (C=O) groups is 1. The van der Waals surface area contributed by atoms with Crippen LogP contribution in [0.25, 0.3) is 16.7 Å². The van der Waals surface area contributed by atoms with Crippen LogP contribution in [-0.2, 0) is 4.79 Å². The number of aryl methyl sites for hydroxylation is 1. The van der Waals surface area contributed by atoms with Crippen molar-refractivity contribution in [3.05, 3.63) is 47.5 Å². The van der Waals surface area contributed by atoms with Gasteiger partial charge in [0.2, 0.25) is 5.91 Å². The quantitative estimate of drug-likeness (QED) is 0.613. The number of thiocarbonyl (C=S) groups is 1. The monoisotopic (exact) mass is 409 g/mol. The molecule has 2 aromatic carbocycles. The molecule has 7 heteroatoms. The van der Waals surface area contributed by atoms with Crippen molar-refractivity contribution >= 4 is 40.0 Å². The highest BCUT2D eigenvalue weighted by molar-refractivity contribution is 7.80. The predicted molar refractivity (Wildman–Crippen MR) is 122 cm³/mol. The third kappa shape index (κ3) is 4.79. The van der Waals surface area contributed by atoms with E-state index in [0.717, 1.165) is 28.0 Å². The van der Waals surface area contributed by atoms with Gasteiger partial charge in [0.15, 0.2) is 5.11 Å². The minimum Gasteiger partial charge on any atom is -0.332 e. The highest BCUT2D eigenvalue weighted by atomic mass is 32.1. The molecule has 0 unspecified atom stereocenters. The van der Waals surface area contributed by atoms with Crippen LogP contribution in [0, 0.1) is 12.3 Å². The molecule has 29 heavy (non-hydrogen) atoms. The molecule has 1 amide bonds. The van der Waals surface area contributed by atoms with Crippen LogP contribution in [0.4, 0.5) is 5.69 Å². The van der Waals surface area contributed by atoms with E-state index in [-0.39, 0.29) is 11.0 Å². The van der Waals surface area contributed by atoms with E-state index in [1.54, 1.807) is 4.80 Å². The summed E-state index contributed by atoms with van der Waals surface area (Å²) in [6.07, 6.45) is 0. The van der Waals surface area contributed by atoms with Gasteiger partial charge < -0.3 is 10.6 Å². The Bertz CT molecular complexity index is 1060. The van der Waals surface area contributed by atoms with Gasteiger partial charge >= 0.3 is 0 Å². The van der Waals surface area contributed by atoms with Gasteiger partial charge in [-0.15, -0.1) is 10.2 Å². The number of nitrogens with one attached hydrogen (secondary N) is 2. The second-order valence-electron chi connectivity index (χ2n) is 8.55. The number of benzene rings is 2. The fourth-order valence-corrected chi connectivity index (χ4v) is 2.96. The molecule has 0 atom stereocenters. The van der Waals surface area contributed by atoms with Crippen molar-refractivity contribution in [1.29, 1.82) is 0 Å². The fourth-order valence-electron chi connectivity index (χ4n) is 2.75. The first-order valence-corrected chi connectivity index (χ1v) is 10.1. The van der Waals surface area contributed by atoms with Crippen LogP contribution in [-0.4, -0.2) is 26.0 Å². The lowest BCUT2D eigenvalue weighted by atomic mass is 9.96. The normalized spacial score (nSPS) is 11.7. The zero-order valence-electron chi connectivity index (χ0n) is 17.7. The third-order valence-corrected chi connectivity index (χ3v) is 4.88. The Morgan fingerprint density at radius 3 is 2.21 bits per heavy atom. The van der Waals surface area contributed by atoms with Crippen molar-refractivity contribution < 1.29 is 4.79 Å². The molecule has 6 nitrogen and oxygen atoms in total. The van der Waals surface area contributed by atoms with Crippen LogP contribution in [0.1, 0.15) is 51.7 Å². The van der Waals surface area contributed by atoms with Gasteiger partial charge in [0.1, 0.15) is 11.0 Å². The summed E-state index contributed by atoms with van der Waals surface area (Å²) in [5.74, 6) is 0.345. The van der Waals surface area contributed by atoms with E-state index in [1.807, 2.05) is 52.0 Å². The molecule has 3 aromatic rings. The second-order valence-corrected chi connectivity index (χ2v) is 8.96. The Balaban J connectivity index is 1.84. The van der Waals surface area contributed by atoms with E-state index in [0.29, 0.717) is 5.92 Å². The number of anilines is 1. The molecule has 0 radical (unpaired) electrons. The van der Waals surface area contributed by atoms with Crippen molar-refractivity contribution in [1.82, 2.24) is 20.3 Å². The van der Waals surface area contributed by atoms with Gasteiger partial charge in [-0.05, 0) is 60.5 Å². The highest BCUT2D eigenvalue weighted by Crippen LogP contribution is 2.23. The van der Waals surface area contributed by atoms with Crippen LogP contribution in [0.5, 0.6) is 0 Å². The molecule has 1 heterocycles. The van der Waals surface area contributed by atoms with Gasteiger partial charge in [0.05, 0.1) is 5.69 Å². The zero-order chi connectivity index (χ0) is 21.3. The summed E-state index contributed by atoms with van der Waals surface area (Å²) >= 11 is 5.29. The van der Waals surface area contributed by atoms with Crippen molar-refractivity contribution in [3.63, 3.8) is 0 Å². The van der Waals surface area contributed by atoms with E-state index in [2.05, 4.69) is 46.8 Å². The molecule has 0 aliphatic heterocycles. The molecule has 0 saturated carbocycles. The smallest absolute Gasteiger partial charge is 0.231 e. The fraction of sp³-hybridized carbons (Fsp3) is 0.364. The van der Waals surface area contributed by atoms with Crippen molar-refractivity contribution in [2.75, 3.05) is 5.32 Å². The minimum atomic E-state index is -0.515. The number of rotatable bonds is 3. The average molecular weight is 410 g/mol. The Kier molecular flexibility index (Phi) is 5.71. The van der Waals surface area contributed by atoms with Crippen LogP contribution >= 0.6 is 12.2 Å².